The summed E-state index contributed by atoms with van der Waals surface area (Å²) in [6.45, 7) is 6.44. The van der Waals surface area contributed by atoms with Crippen LogP contribution in [0.25, 0.3) is 0 Å². The molecule has 1 aromatic carbocycles. The van der Waals surface area contributed by atoms with E-state index in [9.17, 15) is 5.11 Å². The number of hydrogen-bond donors (Lipinski definition) is 1. The van der Waals surface area contributed by atoms with Crippen LogP contribution in [0.15, 0.2) is 59.2 Å². The fourth-order valence-electron chi connectivity index (χ4n) is 3.06. The summed E-state index contributed by atoms with van der Waals surface area (Å²) in [5.74, 6) is 0.897. The minimum Gasteiger partial charge on any atom is -0.468 e. The van der Waals surface area contributed by atoms with Gasteiger partial charge in [0.05, 0.1) is 31.2 Å². The van der Waals surface area contributed by atoms with Crippen molar-refractivity contribution in [3.05, 3.63) is 77.5 Å². The molecule has 0 radical (unpaired) electrons. The number of aryl methyl sites for hydroxylation is 2. The molecule has 2 heterocycles. The van der Waals surface area contributed by atoms with Crippen LogP contribution in [0.2, 0.25) is 0 Å². The Labute approximate surface area is 148 Å². The van der Waals surface area contributed by atoms with Gasteiger partial charge < -0.3 is 9.52 Å². The summed E-state index contributed by atoms with van der Waals surface area (Å²) in [5.41, 5.74) is 3.26. The number of aromatic nitrogens is 2. The molecule has 1 atom stereocenters. The highest BCUT2D eigenvalue weighted by Crippen LogP contribution is 2.12. The Morgan fingerprint density at radius 2 is 1.92 bits per heavy atom. The van der Waals surface area contributed by atoms with Gasteiger partial charge in [-0.3, -0.25) is 9.58 Å². The van der Waals surface area contributed by atoms with E-state index >= 15 is 0 Å². The number of furan rings is 1. The second-order valence-corrected chi connectivity index (χ2v) is 6.50. The maximum atomic E-state index is 10.6. The Morgan fingerprint density at radius 3 is 2.56 bits per heavy atom. The third kappa shape index (κ3) is 5.05. The average molecular weight is 339 g/mol. The smallest absolute Gasteiger partial charge is 0.117 e. The monoisotopic (exact) mass is 339 g/mol. The standard InChI is InChI=1S/C20H25N3O2/c1-16-11-17(2)23(21-16)14-19(24)13-22(15-20-9-6-10-25-20)12-18-7-4-3-5-8-18/h3-11,19,24H,12-15H2,1-2H3. The predicted octanol–water partition coefficient (Wildman–Crippen LogP) is 3.16. The third-order valence-electron chi connectivity index (χ3n) is 4.16. The summed E-state index contributed by atoms with van der Waals surface area (Å²) in [6, 6.07) is 16.2. The summed E-state index contributed by atoms with van der Waals surface area (Å²) >= 11 is 0. The first-order valence-electron chi connectivity index (χ1n) is 8.58. The molecule has 132 valence electrons. The van der Waals surface area contributed by atoms with E-state index in [0.717, 1.165) is 23.7 Å². The average Bonchev–Trinajstić information content (AvgIpc) is 3.18. The van der Waals surface area contributed by atoms with Gasteiger partial charge in [0.2, 0.25) is 0 Å². The lowest BCUT2D eigenvalue weighted by atomic mass is 10.2. The first-order valence-corrected chi connectivity index (χ1v) is 8.58. The van der Waals surface area contributed by atoms with Gasteiger partial charge in [0.25, 0.3) is 0 Å². The molecule has 0 spiro atoms. The van der Waals surface area contributed by atoms with E-state index in [0.29, 0.717) is 19.6 Å². The van der Waals surface area contributed by atoms with Crippen LogP contribution in [0.3, 0.4) is 0 Å². The Morgan fingerprint density at radius 1 is 1.12 bits per heavy atom. The van der Waals surface area contributed by atoms with Crippen molar-refractivity contribution in [2.75, 3.05) is 6.54 Å². The molecule has 2 aromatic heterocycles. The molecule has 1 N–H and O–H groups in total. The van der Waals surface area contributed by atoms with Crippen molar-refractivity contribution in [1.29, 1.82) is 0 Å². The second kappa shape index (κ2) is 8.14. The highest BCUT2D eigenvalue weighted by Gasteiger charge is 2.16. The lowest BCUT2D eigenvalue weighted by Gasteiger charge is -2.24. The number of benzene rings is 1. The highest BCUT2D eigenvalue weighted by molar-refractivity contribution is 5.14. The molecule has 0 aliphatic carbocycles. The van der Waals surface area contributed by atoms with E-state index in [1.807, 2.05) is 54.9 Å². The predicted molar refractivity (Wildman–Crippen MR) is 97.0 cm³/mol. The van der Waals surface area contributed by atoms with Crippen molar-refractivity contribution >= 4 is 0 Å². The summed E-state index contributed by atoms with van der Waals surface area (Å²) in [6.07, 6.45) is 1.18. The topological polar surface area (TPSA) is 54.4 Å². The maximum Gasteiger partial charge on any atom is 0.117 e. The first kappa shape index (κ1) is 17.5. The van der Waals surface area contributed by atoms with Crippen LogP contribution in [0, 0.1) is 13.8 Å². The van der Waals surface area contributed by atoms with Crippen LogP contribution in [-0.4, -0.2) is 32.4 Å². The largest absolute Gasteiger partial charge is 0.468 e. The molecule has 0 aliphatic heterocycles. The summed E-state index contributed by atoms with van der Waals surface area (Å²) in [4.78, 5) is 2.20. The van der Waals surface area contributed by atoms with Gasteiger partial charge in [-0.2, -0.15) is 5.10 Å². The van der Waals surface area contributed by atoms with Gasteiger partial charge in [-0.25, -0.2) is 0 Å². The van der Waals surface area contributed by atoms with Gasteiger partial charge in [0.1, 0.15) is 5.76 Å². The molecule has 1 unspecified atom stereocenters. The maximum absolute atomic E-state index is 10.6. The van der Waals surface area contributed by atoms with Crippen LogP contribution in [0.4, 0.5) is 0 Å². The van der Waals surface area contributed by atoms with E-state index in [1.54, 1.807) is 6.26 Å². The van der Waals surface area contributed by atoms with E-state index in [4.69, 9.17) is 4.42 Å². The fourth-order valence-corrected chi connectivity index (χ4v) is 3.06. The lowest BCUT2D eigenvalue weighted by molar-refractivity contribution is 0.0839. The molecule has 0 saturated heterocycles. The Hall–Kier alpha value is -2.37. The first-order chi connectivity index (χ1) is 12.1. The van der Waals surface area contributed by atoms with Gasteiger partial charge in [0.15, 0.2) is 0 Å². The van der Waals surface area contributed by atoms with Crippen molar-refractivity contribution in [3.8, 4) is 0 Å². The van der Waals surface area contributed by atoms with Crippen molar-refractivity contribution < 1.29 is 9.52 Å². The van der Waals surface area contributed by atoms with Crippen LogP contribution < -0.4 is 0 Å². The van der Waals surface area contributed by atoms with Gasteiger partial charge in [0, 0.05) is 18.8 Å². The van der Waals surface area contributed by atoms with Gasteiger partial charge >= 0.3 is 0 Å². The number of aliphatic hydroxyl groups excluding tert-OH is 1. The van der Waals surface area contributed by atoms with E-state index in [-0.39, 0.29) is 0 Å². The molecule has 3 aromatic rings. The van der Waals surface area contributed by atoms with Crippen molar-refractivity contribution in [2.45, 2.75) is 39.6 Å². The molecule has 0 aliphatic rings. The molecular formula is C20H25N3O2. The molecule has 0 bridgehead atoms. The van der Waals surface area contributed by atoms with Crippen LogP contribution in [0.1, 0.15) is 22.7 Å². The Kier molecular flexibility index (Phi) is 5.68. The summed E-state index contributed by atoms with van der Waals surface area (Å²) in [5, 5.41) is 15.0. The molecule has 5 nitrogen and oxygen atoms in total. The van der Waals surface area contributed by atoms with Crippen molar-refractivity contribution in [3.63, 3.8) is 0 Å². The van der Waals surface area contributed by atoms with Crippen LogP contribution in [0.5, 0.6) is 0 Å². The third-order valence-corrected chi connectivity index (χ3v) is 4.16. The minimum atomic E-state index is -0.503. The highest BCUT2D eigenvalue weighted by atomic mass is 16.3. The van der Waals surface area contributed by atoms with Crippen molar-refractivity contribution in [2.24, 2.45) is 0 Å². The van der Waals surface area contributed by atoms with Crippen LogP contribution in [-0.2, 0) is 19.6 Å². The normalized spacial score (nSPS) is 12.6. The van der Waals surface area contributed by atoms with Gasteiger partial charge in [-0.1, -0.05) is 30.3 Å². The number of nitrogens with zero attached hydrogens (tertiary/aromatic N) is 3. The molecule has 25 heavy (non-hydrogen) atoms. The Balaban J connectivity index is 1.66. The van der Waals surface area contributed by atoms with Gasteiger partial charge in [-0.05, 0) is 37.6 Å². The molecule has 5 heteroatoms. The zero-order valence-electron chi connectivity index (χ0n) is 14.8. The zero-order valence-corrected chi connectivity index (χ0v) is 14.8. The quantitative estimate of drug-likeness (QED) is 0.685. The molecule has 0 fully saturated rings. The zero-order chi connectivity index (χ0) is 17.6. The number of aliphatic hydroxyl groups is 1. The molecule has 0 saturated carbocycles. The van der Waals surface area contributed by atoms with Crippen molar-refractivity contribution in [1.82, 2.24) is 14.7 Å². The van der Waals surface area contributed by atoms with Gasteiger partial charge in [-0.15, -0.1) is 0 Å². The molecular weight excluding hydrogens is 314 g/mol. The number of rotatable bonds is 8. The Bertz CT molecular complexity index is 766. The van der Waals surface area contributed by atoms with Crippen LogP contribution >= 0.6 is 0 Å². The minimum absolute atomic E-state index is 0.489. The van der Waals surface area contributed by atoms with E-state index < -0.39 is 6.10 Å². The second-order valence-electron chi connectivity index (χ2n) is 6.50. The SMILES string of the molecule is Cc1cc(C)n(CC(O)CN(Cc2ccccc2)Cc2ccco2)n1. The fraction of sp³-hybridized carbons (Fsp3) is 0.350. The van der Waals surface area contributed by atoms with E-state index in [2.05, 4.69) is 22.1 Å². The molecule has 3 rings (SSSR count). The molecule has 0 amide bonds. The lowest BCUT2D eigenvalue weighted by Crippen LogP contribution is -2.34. The van der Waals surface area contributed by atoms with E-state index in [1.165, 1.54) is 5.56 Å². The summed E-state index contributed by atoms with van der Waals surface area (Å²) in [7, 11) is 0. The number of hydrogen-bond acceptors (Lipinski definition) is 4. The summed E-state index contributed by atoms with van der Waals surface area (Å²) < 4.78 is 7.35.